The number of anilines is 1. The number of aliphatic hydroxyl groups excluding tert-OH is 1. The molecule has 2 saturated heterocycles. The molecular formula is C24H28N10O9P2S. The number of ether oxygens (including phenoxy) is 1. The van der Waals surface area contributed by atoms with Gasteiger partial charge in [0.15, 0.2) is 23.2 Å². The Morgan fingerprint density at radius 1 is 1.04 bits per heavy atom. The zero-order chi connectivity index (χ0) is 32.0. The highest BCUT2D eigenvalue weighted by Gasteiger charge is 2.51. The first kappa shape index (κ1) is 30.2. The number of nitrogen functional groups attached to an aromatic ring is 1. The summed E-state index contributed by atoms with van der Waals surface area (Å²) in [6, 6.07) is -0.199. The molecule has 0 amide bonds. The maximum absolute atomic E-state index is 13.8. The van der Waals surface area contributed by atoms with E-state index in [0.29, 0.717) is 17.6 Å². The number of rotatable bonds is 2. The summed E-state index contributed by atoms with van der Waals surface area (Å²) in [6.07, 6.45) is 2.79. The monoisotopic (exact) mass is 694 g/mol. The van der Waals surface area contributed by atoms with Crippen molar-refractivity contribution in [3.05, 3.63) is 41.7 Å². The third-order valence-electron chi connectivity index (χ3n) is 8.73. The van der Waals surface area contributed by atoms with E-state index in [-0.39, 0.29) is 53.9 Å². The van der Waals surface area contributed by atoms with Gasteiger partial charge in [-0.1, -0.05) is 12.2 Å². The molecule has 0 unspecified atom stereocenters. The van der Waals surface area contributed by atoms with E-state index in [1.54, 1.807) is 6.33 Å². The number of H-pyrrole nitrogens is 1. The van der Waals surface area contributed by atoms with Crippen molar-refractivity contribution in [2.24, 2.45) is 11.8 Å². The first-order chi connectivity index (χ1) is 22.0. The van der Waals surface area contributed by atoms with Crippen LogP contribution in [0.4, 0.5) is 5.82 Å². The van der Waals surface area contributed by atoms with Crippen molar-refractivity contribution in [1.29, 1.82) is 0 Å². The second kappa shape index (κ2) is 10.9. The van der Waals surface area contributed by atoms with E-state index in [2.05, 4.69) is 42.2 Å². The molecule has 1 aliphatic carbocycles. The van der Waals surface area contributed by atoms with Crippen molar-refractivity contribution in [3.63, 3.8) is 0 Å². The Kier molecular flexibility index (Phi) is 7.17. The molecule has 8 rings (SSSR count). The standard InChI is InChI=1S/C24H28N10O9P2S/c1-44(37)39-5-11-4-13(33-9-29-15-19(25)27-8-28-20(15)33)12(11)6-40-45(38,46)41-7-14-17(35)18(43-44)23(42-14)34-10-30-16-21(34)31-24-26-2-3-32(24)22(16)36/h2-3,8-14,17-18,23,35H,4-7H2,1H3,(H,26,31)(H,38,46)(H2,25,27,28)/t11-,12-,13-,14-,17-,18-,23-,44-,45-/m1/s1. The minimum absolute atomic E-state index is 0.00323. The lowest BCUT2D eigenvalue weighted by Crippen LogP contribution is -2.43. The van der Waals surface area contributed by atoms with E-state index >= 15 is 0 Å². The number of aromatic nitrogens is 9. The molecule has 46 heavy (non-hydrogen) atoms. The number of nitrogens with two attached hydrogens (primary N) is 1. The van der Waals surface area contributed by atoms with Gasteiger partial charge in [0.1, 0.15) is 35.8 Å². The molecule has 22 heteroatoms. The van der Waals surface area contributed by atoms with E-state index in [1.165, 1.54) is 40.7 Å². The van der Waals surface area contributed by atoms with Crippen molar-refractivity contribution in [1.82, 2.24) is 43.4 Å². The van der Waals surface area contributed by atoms with Crippen LogP contribution in [0.3, 0.4) is 0 Å². The van der Waals surface area contributed by atoms with E-state index < -0.39 is 51.1 Å². The van der Waals surface area contributed by atoms with Gasteiger partial charge in [0.25, 0.3) is 5.56 Å². The summed E-state index contributed by atoms with van der Waals surface area (Å²) in [5.41, 5.74) is 6.82. The number of hydrogen-bond acceptors (Lipinski definition) is 15. The highest BCUT2D eigenvalue weighted by atomic mass is 32.7. The van der Waals surface area contributed by atoms with Gasteiger partial charge < -0.3 is 34.2 Å². The SMILES string of the molecule is C[P@@]1(=O)OC[C@H]2C[C@@H](n3cnc4c(N)ncnc43)[C@@H]2CO[P@@](=O)(S)OC[C@H]2O[C@@H](n3cnc4c(=O)n5ccnc5[nH]c43)[C@H](O1)[C@@H]2O. The summed E-state index contributed by atoms with van der Waals surface area (Å²) in [4.78, 5) is 37.0. The lowest BCUT2D eigenvalue weighted by molar-refractivity contribution is -0.0465. The van der Waals surface area contributed by atoms with Crippen molar-refractivity contribution < 1.29 is 37.1 Å². The van der Waals surface area contributed by atoms with Crippen LogP contribution in [0.2, 0.25) is 0 Å². The van der Waals surface area contributed by atoms with Crippen molar-refractivity contribution in [2.75, 3.05) is 32.2 Å². The molecular weight excluding hydrogens is 666 g/mol. The largest absolute Gasteiger partial charge is 0.387 e. The molecule has 244 valence electrons. The van der Waals surface area contributed by atoms with Gasteiger partial charge >= 0.3 is 14.4 Å². The Morgan fingerprint density at radius 2 is 1.83 bits per heavy atom. The first-order valence-corrected chi connectivity index (χ1v) is 18.9. The number of hydrogen-bond donors (Lipinski definition) is 4. The molecule has 0 spiro atoms. The summed E-state index contributed by atoms with van der Waals surface area (Å²) in [5.74, 6) is -0.00726. The van der Waals surface area contributed by atoms with Gasteiger partial charge in [-0.25, -0.2) is 33.9 Å². The third-order valence-corrected chi connectivity index (χ3v) is 11.6. The summed E-state index contributed by atoms with van der Waals surface area (Å²) >= 11 is 4.17. The van der Waals surface area contributed by atoms with Gasteiger partial charge in [-0.3, -0.25) is 23.0 Å². The fourth-order valence-corrected chi connectivity index (χ4v) is 8.69. The van der Waals surface area contributed by atoms with Crippen LogP contribution < -0.4 is 11.3 Å². The quantitative estimate of drug-likeness (QED) is 0.151. The fraction of sp³-hybridized carbons (Fsp3) is 0.500. The average Bonchev–Trinajstić information content (AvgIpc) is 3.79. The molecule has 0 radical (unpaired) electrons. The highest BCUT2D eigenvalue weighted by Crippen LogP contribution is 2.58. The van der Waals surface area contributed by atoms with Crippen LogP contribution >= 0.6 is 26.6 Å². The third kappa shape index (κ3) is 4.99. The number of aromatic amines is 1. The van der Waals surface area contributed by atoms with Gasteiger partial charge in [-0.05, 0) is 12.3 Å². The van der Waals surface area contributed by atoms with Gasteiger partial charge in [-0.2, -0.15) is 0 Å². The maximum Gasteiger partial charge on any atom is 0.386 e. The van der Waals surface area contributed by atoms with Crippen molar-refractivity contribution in [2.45, 2.75) is 37.0 Å². The van der Waals surface area contributed by atoms with Crippen LogP contribution in [0.15, 0.2) is 36.2 Å². The molecule has 5 aromatic heterocycles. The number of imidazole rings is 3. The molecule has 3 fully saturated rings. The predicted molar refractivity (Wildman–Crippen MR) is 162 cm³/mol. The Bertz CT molecular complexity index is 2140. The lowest BCUT2D eigenvalue weighted by Gasteiger charge is -2.45. The number of thiol groups is 1. The molecule has 19 nitrogen and oxygen atoms in total. The molecule has 4 N–H and O–H groups in total. The summed E-state index contributed by atoms with van der Waals surface area (Å²) in [5, 5.41) is 11.3. The number of nitrogens with one attached hydrogen (secondary N) is 1. The van der Waals surface area contributed by atoms with E-state index in [1.807, 2.05) is 4.57 Å². The highest BCUT2D eigenvalue weighted by molar-refractivity contribution is 8.44. The Balaban J connectivity index is 1.10. The van der Waals surface area contributed by atoms with Crippen LogP contribution in [0.5, 0.6) is 0 Å². The van der Waals surface area contributed by atoms with Gasteiger partial charge in [0, 0.05) is 31.0 Å². The topological polar surface area (TPSA) is 238 Å². The Hall–Kier alpha value is -3.19. The summed E-state index contributed by atoms with van der Waals surface area (Å²) < 4.78 is 60.9. The molecule has 9 atom stereocenters. The summed E-state index contributed by atoms with van der Waals surface area (Å²) in [7, 11) is -3.84. The number of nitrogens with zero attached hydrogens (tertiary/aromatic N) is 8. The van der Waals surface area contributed by atoms with E-state index in [9.17, 15) is 19.0 Å². The Morgan fingerprint density at radius 3 is 2.67 bits per heavy atom. The van der Waals surface area contributed by atoms with Crippen LogP contribution in [0.1, 0.15) is 18.7 Å². The van der Waals surface area contributed by atoms with Gasteiger partial charge in [0.2, 0.25) is 5.78 Å². The van der Waals surface area contributed by atoms with Gasteiger partial charge in [0.05, 0.1) is 32.5 Å². The second-order valence-corrected chi connectivity index (χ2v) is 16.4. The van der Waals surface area contributed by atoms with Crippen LogP contribution in [0, 0.1) is 11.8 Å². The first-order valence-electron chi connectivity index (χ1n) is 14.2. The molecule has 3 aliphatic rings. The average molecular weight is 695 g/mol. The van der Waals surface area contributed by atoms with E-state index in [0.717, 1.165) is 0 Å². The molecule has 2 bridgehead atoms. The van der Waals surface area contributed by atoms with Crippen molar-refractivity contribution in [3.8, 4) is 0 Å². The number of fused-ring (bicyclic) bond motifs is 6. The minimum Gasteiger partial charge on any atom is -0.387 e. The van der Waals surface area contributed by atoms with Crippen LogP contribution in [-0.2, 0) is 32.0 Å². The fourth-order valence-electron chi connectivity index (χ4n) is 6.32. The van der Waals surface area contributed by atoms with Crippen LogP contribution in [0.25, 0.3) is 28.1 Å². The maximum atomic E-state index is 13.8. The predicted octanol–water partition coefficient (Wildman–Crippen LogP) is 1.54. The molecule has 7 heterocycles. The zero-order valence-electron chi connectivity index (χ0n) is 24.0. The van der Waals surface area contributed by atoms with Crippen molar-refractivity contribution >= 4 is 60.6 Å². The lowest BCUT2D eigenvalue weighted by atomic mass is 9.70. The smallest absolute Gasteiger partial charge is 0.386 e. The van der Waals surface area contributed by atoms with Crippen LogP contribution in [-0.4, -0.2) is 93.3 Å². The van der Waals surface area contributed by atoms with E-state index in [4.69, 9.17) is 28.6 Å². The summed E-state index contributed by atoms with van der Waals surface area (Å²) in [6.45, 7) is -3.13. The molecule has 0 aromatic carbocycles. The molecule has 1 saturated carbocycles. The van der Waals surface area contributed by atoms with Gasteiger partial charge in [-0.15, -0.1) is 0 Å². The molecule has 5 aromatic rings. The minimum atomic E-state index is -3.96. The Labute approximate surface area is 263 Å². The second-order valence-electron chi connectivity index (χ2n) is 11.5. The molecule has 2 aliphatic heterocycles. The number of aliphatic hydroxyl groups is 1. The normalized spacial score (nSPS) is 35.7. The zero-order valence-corrected chi connectivity index (χ0v) is 26.6.